The molecule has 2 N–H and O–H groups in total. The van der Waals surface area contributed by atoms with E-state index in [1.54, 1.807) is 18.2 Å². The minimum absolute atomic E-state index is 0.142. The van der Waals surface area contributed by atoms with Crippen LogP contribution in [0.15, 0.2) is 18.2 Å². The van der Waals surface area contributed by atoms with E-state index < -0.39 is 5.91 Å². The number of hydrogen-bond acceptors (Lipinski definition) is 4. The van der Waals surface area contributed by atoms with Crippen LogP contribution in [0.2, 0.25) is 0 Å². The van der Waals surface area contributed by atoms with Crippen LogP contribution in [0, 0.1) is 11.3 Å². The summed E-state index contributed by atoms with van der Waals surface area (Å²) in [5.41, 5.74) is 5.46. The Morgan fingerprint density at radius 1 is 1.50 bits per heavy atom. The Labute approximate surface area is 93.4 Å². The third kappa shape index (κ3) is 3.17. The van der Waals surface area contributed by atoms with E-state index in [1.807, 2.05) is 6.07 Å². The Balaban J connectivity index is 2.72. The lowest BCUT2D eigenvalue weighted by molar-refractivity contribution is -0.118. The van der Waals surface area contributed by atoms with Crippen LogP contribution in [0.3, 0.4) is 0 Å². The average Bonchev–Trinajstić information content (AvgIpc) is 2.29. The molecule has 1 amide bonds. The molecule has 16 heavy (non-hydrogen) atoms. The molecule has 0 radical (unpaired) electrons. The van der Waals surface area contributed by atoms with Crippen molar-refractivity contribution < 1.29 is 14.3 Å². The zero-order chi connectivity index (χ0) is 12.0. The van der Waals surface area contributed by atoms with Gasteiger partial charge >= 0.3 is 0 Å². The van der Waals surface area contributed by atoms with E-state index in [9.17, 15) is 4.79 Å². The van der Waals surface area contributed by atoms with E-state index in [4.69, 9.17) is 20.5 Å². The van der Waals surface area contributed by atoms with Gasteiger partial charge in [0, 0.05) is 6.07 Å². The molecule has 1 rings (SSSR count). The van der Waals surface area contributed by atoms with Gasteiger partial charge < -0.3 is 15.2 Å². The van der Waals surface area contributed by atoms with Crippen molar-refractivity contribution in [3.05, 3.63) is 23.8 Å². The molecule has 0 bridgehead atoms. The predicted octanol–water partition coefficient (Wildman–Crippen LogP) is 0.821. The third-order valence-electron chi connectivity index (χ3n) is 1.90. The van der Waals surface area contributed by atoms with Gasteiger partial charge in [-0.3, -0.25) is 4.79 Å². The lowest BCUT2D eigenvalue weighted by atomic mass is 10.2. The van der Waals surface area contributed by atoms with Gasteiger partial charge in [-0.25, -0.2) is 0 Å². The minimum atomic E-state index is -0.424. The molecule has 0 aliphatic heterocycles. The SMILES string of the molecule is COc1cc(C#N)ccc1OCCC(N)=O. The molecular weight excluding hydrogens is 208 g/mol. The lowest BCUT2D eigenvalue weighted by Gasteiger charge is -2.09. The molecule has 1 aromatic rings. The molecule has 0 saturated heterocycles. The number of ether oxygens (including phenoxy) is 2. The summed E-state index contributed by atoms with van der Waals surface area (Å²) < 4.78 is 10.4. The molecule has 0 heterocycles. The van der Waals surface area contributed by atoms with Crippen LogP contribution < -0.4 is 15.2 Å². The maximum absolute atomic E-state index is 10.5. The number of nitriles is 1. The highest BCUT2D eigenvalue weighted by Crippen LogP contribution is 2.27. The smallest absolute Gasteiger partial charge is 0.220 e. The Hall–Kier alpha value is -2.22. The molecule has 1 aromatic carbocycles. The fourth-order valence-electron chi connectivity index (χ4n) is 1.12. The van der Waals surface area contributed by atoms with Crippen molar-refractivity contribution in [1.29, 1.82) is 5.26 Å². The molecule has 84 valence electrons. The minimum Gasteiger partial charge on any atom is -0.493 e. The molecule has 5 heteroatoms. The number of methoxy groups -OCH3 is 1. The van der Waals surface area contributed by atoms with Gasteiger partial charge in [0.2, 0.25) is 5.91 Å². The fourth-order valence-corrected chi connectivity index (χ4v) is 1.12. The van der Waals surface area contributed by atoms with Crippen molar-refractivity contribution >= 4 is 5.91 Å². The molecular formula is C11H12N2O3. The maximum Gasteiger partial charge on any atom is 0.220 e. The molecule has 0 unspecified atom stereocenters. The van der Waals surface area contributed by atoms with Crippen LogP contribution in [-0.2, 0) is 4.79 Å². The van der Waals surface area contributed by atoms with E-state index in [-0.39, 0.29) is 13.0 Å². The maximum atomic E-state index is 10.5. The number of rotatable bonds is 5. The molecule has 0 atom stereocenters. The van der Waals surface area contributed by atoms with Crippen LogP contribution in [0.4, 0.5) is 0 Å². The van der Waals surface area contributed by atoms with Crippen molar-refractivity contribution in [2.75, 3.05) is 13.7 Å². The van der Waals surface area contributed by atoms with E-state index in [0.717, 1.165) is 0 Å². The van der Waals surface area contributed by atoms with Gasteiger partial charge in [0.05, 0.1) is 31.8 Å². The van der Waals surface area contributed by atoms with Crippen molar-refractivity contribution in [2.24, 2.45) is 5.73 Å². The summed E-state index contributed by atoms with van der Waals surface area (Å²) in [6.45, 7) is 0.192. The fraction of sp³-hybridized carbons (Fsp3) is 0.273. The highest BCUT2D eigenvalue weighted by molar-refractivity contribution is 5.73. The Morgan fingerprint density at radius 3 is 2.81 bits per heavy atom. The van der Waals surface area contributed by atoms with Gasteiger partial charge in [0.15, 0.2) is 11.5 Å². The highest BCUT2D eigenvalue weighted by Gasteiger charge is 2.06. The molecule has 0 spiro atoms. The molecule has 0 fully saturated rings. The van der Waals surface area contributed by atoms with Gasteiger partial charge in [-0.1, -0.05) is 0 Å². The summed E-state index contributed by atoms with van der Waals surface area (Å²) in [6, 6.07) is 6.80. The number of primary amides is 1. The summed E-state index contributed by atoms with van der Waals surface area (Å²) in [6.07, 6.45) is 0.142. The van der Waals surface area contributed by atoms with Crippen molar-refractivity contribution in [2.45, 2.75) is 6.42 Å². The Morgan fingerprint density at radius 2 is 2.25 bits per heavy atom. The standard InChI is InChI=1S/C11H12N2O3/c1-15-10-6-8(7-12)2-3-9(10)16-5-4-11(13)14/h2-3,6H,4-5H2,1H3,(H2,13,14). The topological polar surface area (TPSA) is 85.3 Å². The molecule has 0 aromatic heterocycles. The van der Waals surface area contributed by atoms with Crippen LogP contribution >= 0.6 is 0 Å². The van der Waals surface area contributed by atoms with Crippen molar-refractivity contribution in [1.82, 2.24) is 0 Å². The Bertz CT molecular complexity index is 424. The van der Waals surface area contributed by atoms with E-state index >= 15 is 0 Å². The van der Waals surface area contributed by atoms with Gasteiger partial charge in [-0.2, -0.15) is 5.26 Å². The van der Waals surface area contributed by atoms with Gasteiger partial charge in [0.1, 0.15) is 0 Å². The second-order valence-electron chi connectivity index (χ2n) is 3.04. The summed E-state index contributed by atoms with van der Waals surface area (Å²) in [5, 5.41) is 8.69. The van der Waals surface area contributed by atoms with Gasteiger partial charge in [-0.05, 0) is 12.1 Å². The van der Waals surface area contributed by atoms with Crippen LogP contribution in [-0.4, -0.2) is 19.6 Å². The number of carbonyl (C=O) groups is 1. The number of nitrogens with two attached hydrogens (primary N) is 1. The van der Waals surface area contributed by atoms with E-state index in [0.29, 0.717) is 17.1 Å². The van der Waals surface area contributed by atoms with E-state index in [2.05, 4.69) is 0 Å². The van der Waals surface area contributed by atoms with Gasteiger partial charge in [0.25, 0.3) is 0 Å². The molecule has 0 saturated carbocycles. The van der Waals surface area contributed by atoms with Crippen LogP contribution in [0.1, 0.15) is 12.0 Å². The van der Waals surface area contributed by atoms with E-state index in [1.165, 1.54) is 7.11 Å². The zero-order valence-electron chi connectivity index (χ0n) is 8.90. The predicted molar refractivity (Wildman–Crippen MR) is 57.0 cm³/mol. The molecule has 0 aliphatic rings. The second kappa shape index (κ2) is 5.61. The number of hydrogen-bond donors (Lipinski definition) is 1. The first-order valence-electron chi connectivity index (χ1n) is 4.66. The van der Waals surface area contributed by atoms with Gasteiger partial charge in [-0.15, -0.1) is 0 Å². The van der Waals surface area contributed by atoms with Crippen LogP contribution in [0.5, 0.6) is 11.5 Å². The summed E-state index contributed by atoms with van der Waals surface area (Å²) >= 11 is 0. The monoisotopic (exact) mass is 220 g/mol. The number of amides is 1. The summed E-state index contributed by atoms with van der Waals surface area (Å²) in [4.78, 5) is 10.5. The second-order valence-corrected chi connectivity index (χ2v) is 3.04. The summed E-state index contributed by atoms with van der Waals surface area (Å²) in [5.74, 6) is 0.527. The van der Waals surface area contributed by atoms with Crippen molar-refractivity contribution in [3.63, 3.8) is 0 Å². The van der Waals surface area contributed by atoms with Crippen molar-refractivity contribution in [3.8, 4) is 17.6 Å². The number of benzene rings is 1. The Kier molecular flexibility index (Phi) is 4.16. The third-order valence-corrected chi connectivity index (χ3v) is 1.90. The number of carbonyl (C=O) groups excluding carboxylic acids is 1. The first-order chi connectivity index (χ1) is 7.67. The summed E-state index contributed by atoms with van der Waals surface area (Å²) in [7, 11) is 1.48. The first-order valence-corrected chi connectivity index (χ1v) is 4.66. The molecule has 5 nitrogen and oxygen atoms in total. The first kappa shape index (κ1) is 11.9. The zero-order valence-corrected chi connectivity index (χ0v) is 8.90. The quantitative estimate of drug-likeness (QED) is 0.796. The lowest BCUT2D eigenvalue weighted by Crippen LogP contribution is -2.14. The van der Waals surface area contributed by atoms with Crippen LogP contribution in [0.25, 0.3) is 0 Å². The highest BCUT2D eigenvalue weighted by atomic mass is 16.5. The largest absolute Gasteiger partial charge is 0.493 e. The normalized spacial score (nSPS) is 9.25. The molecule has 0 aliphatic carbocycles. The average molecular weight is 220 g/mol. The number of nitrogens with zero attached hydrogens (tertiary/aromatic N) is 1.